The number of nitrogens with one attached hydrogen (secondary N) is 2. The summed E-state index contributed by atoms with van der Waals surface area (Å²) in [5.74, 6) is 0.805. The van der Waals surface area contributed by atoms with E-state index in [0.29, 0.717) is 41.8 Å². The van der Waals surface area contributed by atoms with Crippen LogP contribution in [0.1, 0.15) is 75.7 Å². The first kappa shape index (κ1) is 34.1. The number of carbonyl (C=O) groups excluding carboxylic acids is 2. The minimum atomic E-state index is -0.837. The number of benzene rings is 2. The normalized spacial score (nSPS) is 31.1. The van der Waals surface area contributed by atoms with Crippen molar-refractivity contribution in [3.63, 3.8) is 0 Å². The molecule has 1 unspecified atom stereocenters. The van der Waals surface area contributed by atoms with Gasteiger partial charge in [0.05, 0.1) is 19.3 Å². The highest BCUT2D eigenvalue weighted by Crippen LogP contribution is 2.61. The van der Waals surface area contributed by atoms with Gasteiger partial charge in [0.25, 0.3) is 5.91 Å². The van der Waals surface area contributed by atoms with Crippen molar-refractivity contribution in [3.05, 3.63) is 59.7 Å². The minimum absolute atomic E-state index is 0.0627. The van der Waals surface area contributed by atoms with Crippen LogP contribution in [-0.2, 0) is 16.2 Å². The molecule has 2 aromatic carbocycles. The molecule has 4 N–H and O–H groups in total. The molecular weight excluding hydrogens is 592 g/mol. The van der Waals surface area contributed by atoms with E-state index in [2.05, 4.69) is 42.4 Å². The fraction of sp³-hybridized carbons (Fsp3) is 0.632. The molecule has 5 aliphatic rings. The molecule has 2 aliphatic heterocycles. The Hall–Kier alpha value is -2.82. The standard InChI is InChI=1S/C38H54N4O5/c1-24-31-20-30(38(31,3)4)21-32(24)40-37(46)35-34(25(2)44)33(23-43)47-42(35)22-26-9-8-10-29(19-26)27-11-13-28(14-12-27)36(45)39-15-18-41-16-6-5-7-17-41/h8-14,19,24-25,30-35,43-44H,5-7,15-18,20-23H2,1-4H3,(H,39,45)(H,40,46)/t24-,25-,30+,31-,32?,33-,34+,35-/m0/s1. The van der Waals surface area contributed by atoms with E-state index in [1.807, 2.05) is 42.5 Å². The van der Waals surface area contributed by atoms with E-state index in [0.717, 1.165) is 42.7 Å². The van der Waals surface area contributed by atoms with Crippen molar-refractivity contribution >= 4 is 11.8 Å². The Morgan fingerprint density at radius 3 is 2.45 bits per heavy atom. The monoisotopic (exact) mass is 646 g/mol. The number of amides is 2. The summed E-state index contributed by atoms with van der Waals surface area (Å²) in [6.07, 6.45) is 4.46. The van der Waals surface area contributed by atoms with Gasteiger partial charge < -0.3 is 25.7 Å². The molecular formula is C38H54N4O5. The van der Waals surface area contributed by atoms with Gasteiger partial charge in [0.1, 0.15) is 12.1 Å². The minimum Gasteiger partial charge on any atom is -0.394 e. The Morgan fingerprint density at radius 2 is 1.79 bits per heavy atom. The highest BCUT2D eigenvalue weighted by molar-refractivity contribution is 5.94. The van der Waals surface area contributed by atoms with Crippen molar-refractivity contribution in [2.75, 3.05) is 32.8 Å². The van der Waals surface area contributed by atoms with Gasteiger partial charge in [-0.15, -0.1) is 0 Å². The van der Waals surface area contributed by atoms with Crippen LogP contribution in [0, 0.1) is 29.1 Å². The van der Waals surface area contributed by atoms with Crippen molar-refractivity contribution in [1.82, 2.24) is 20.6 Å². The third-order valence-corrected chi connectivity index (χ3v) is 12.0. The molecule has 5 fully saturated rings. The molecule has 2 bridgehead atoms. The molecule has 0 spiro atoms. The fourth-order valence-corrected chi connectivity index (χ4v) is 8.94. The van der Waals surface area contributed by atoms with Gasteiger partial charge in [-0.2, -0.15) is 5.06 Å². The third-order valence-electron chi connectivity index (χ3n) is 12.0. The summed E-state index contributed by atoms with van der Waals surface area (Å²) in [6.45, 7) is 12.4. The van der Waals surface area contributed by atoms with E-state index in [1.165, 1.54) is 25.7 Å². The van der Waals surface area contributed by atoms with Crippen molar-refractivity contribution in [1.29, 1.82) is 0 Å². The van der Waals surface area contributed by atoms with Crippen LogP contribution in [0.25, 0.3) is 11.1 Å². The lowest BCUT2D eigenvalue weighted by atomic mass is 9.45. The summed E-state index contributed by atoms with van der Waals surface area (Å²) in [5.41, 5.74) is 3.86. The molecule has 7 rings (SSSR count). The number of hydroxylamine groups is 2. The number of nitrogens with zero attached hydrogens (tertiary/aromatic N) is 2. The highest BCUT2D eigenvalue weighted by atomic mass is 16.7. The van der Waals surface area contributed by atoms with Gasteiger partial charge in [-0.3, -0.25) is 14.4 Å². The van der Waals surface area contributed by atoms with E-state index in [-0.39, 0.29) is 24.5 Å². The second-order valence-electron chi connectivity index (χ2n) is 15.2. The average molecular weight is 647 g/mol. The first-order chi connectivity index (χ1) is 22.6. The molecule has 2 heterocycles. The molecule has 256 valence electrons. The number of carbonyl (C=O) groups is 2. The van der Waals surface area contributed by atoms with Gasteiger partial charge >= 0.3 is 0 Å². The molecule has 47 heavy (non-hydrogen) atoms. The Kier molecular flexibility index (Phi) is 10.4. The Morgan fingerprint density at radius 1 is 1.04 bits per heavy atom. The number of rotatable bonds is 11. The number of likely N-dealkylation sites (tertiary alicyclic amines) is 1. The van der Waals surface area contributed by atoms with Gasteiger partial charge in [0.2, 0.25) is 5.91 Å². The van der Waals surface area contributed by atoms with Crippen LogP contribution >= 0.6 is 0 Å². The second kappa shape index (κ2) is 14.3. The van der Waals surface area contributed by atoms with Crippen molar-refractivity contribution < 1.29 is 24.6 Å². The zero-order valence-corrected chi connectivity index (χ0v) is 28.5. The maximum atomic E-state index is 14.0. The van der Waals surface area contributed by atoms with Gasteiger partial charge in [-0.25, -0.2) is 0 Å². The molecule has 2 amide bonds. The number of hydrogen-bond acceptors (Lipinski definition) is 7. The predicted molar refractivity (Wildman–Crippen MR) is 182 cm³/mol. The summed E-state index contributed by atoms with van der Waals surface area (Å²) in [5, 5.41) is 29.0. The lowest BCUT2D eigenvalue weighted by molar-refractivity contribution is -0.183. The number of piperidine rings is 1. The lowest BCUT2D eigenvalue weighted by Gasteiger charge is -2.62. The third kappa shape index (κ3) is 7.15. The largest absolute Gasteiger partial charge is 0.394 e. The summed E-state index contributed by atoms with van der Waals surface area (Å²) in [4.78, 5) is 35.3. The molecule has 0 aromatic heterocycles. The number of aliphatic hydroxyl groups is 2. The van der Waals surface area contributed by atoms with Gasteiger partial charge in [-0.1, -0.05) is 57.5 Å². The molecule has 0 radical (unpaired) electrons. The quantitative estimate of drug-likeness (QED) is 0.289. The van der Waals surface area contributed by atoms with E-state index < -0.39 is 24.2 Å². The molecule has 9 nitrogen and oxygen atoms in total. The Labute approximate surface area is 280 Å². The predicted octanol–water partition coefficient (Wildman–Crippen LogP) is 4.23. The zero-order chi connectivity index (χ0) is 33.3. The topological polar surface area (TPSA) is 114 Å². The molecule has 2 aromatic rings. The van der Waals surface area contributed by atoms with E-state index in [4.69, 9.17) is 4.84 Å². The average Bonchev–Trinajstić information content (AvgIpc) is 3.44. The van der Waals surface area contributed by atoms with Crippen LogP contribution in [0.4, 0.5) is 0 Å². The second-order valence-corrected chi connectivity index (χ2v) is 15.2. The van der Waals surface area contributed by atoms with E-state index >= 15 is 0 Å². The van der Waals surface area contributed by atoms with Crippen molar-refractivity contribution in [2.24, 2.45) is 29.1 Å². The number of hydrogen-bond donors (Lipinski definition) is 4. The van der Waals surface area contributed by atoms with E-state index in [9.17, 15) is 19.8 Å². The lowest BCUT2D eigenvalue weighted by Crippen LogP contribution is -2.62. The molecule has 8 atom stereocenters. The summed E-state index contributed by atoms with van der Waals surface area (Å²) in [6, 6.07) is 15.1. The zero-order valence-electron chi connectivity index (χ0n) is 28.5. The fourth-order valence-electron chi connectivity index (χ4n) is 8.94. The van der Waals surface area contributed by atoms with Crippen LogP contribution in [0.15, 0.2) is 48.5 Å². The number of fused-ring (bicyclic) bond motifs is 2. The molecule has 9 heteroatoms. The smallest absolute Gasteiger partial charge is 0.251 e. The summed E-state index contributed by atoms with van der Waals surface area (Å²) in [7, 11) is 0. The summed E-state index contributed by atoms with van der Waals surface area (Å²) < 4.78 is 0. The van der Waals surface area contributed by atoms with Crippen LogP contribution in [0.5, 0.6) is 0 Å². The van der Waals surface area contributed by atoms with Gasteiger partial charge in [0, 0.05) is 30.6 Å². The summed E-state index contributed by atoms with van der Waals surface area (Å²) >= 11 is 0. The SMILES string of the molecule is C[C@H](O)[C@@H]1[C@H](CO)ON(Cc2cccc(-c3ccc(C(=O)NCCN4CCCCC4)cc3)c2)[C@@H]1C(=O)NC1C[C@H]2C[C@@H]([C@@H]1C)C2(C)C. The van der Waals surface area contributed by atoms with Gasteiger partial charge in [-0.05, 0) is 104 Å². The van der Waals surface area contributed by atoms with Gasteiger partial charge in [0.15, 0.2) is 0 Å². The number of aliphatic hydroxyl groups excluding tert-OH is 2. The van der Waals surface area contributed by atoms with Crippen LogP contribution in [-0.4, -0.2) is 89.1 Å². The maximum Gasteiger partial charge on any atom is 0.251 e. The van der Waals surface area contributed by atoms with Crippen LogP contribution in [0.2, 0.25) is 0 Å². The Balaban J connectivity index is 1.11. The van der Waals surface area contributed by atoms with Crippen LogP contribution in [0.3, 0.4) is 0 Å². The maximum absolute atomic E-state index is 14.0. The molecule has 3 aliphatic carbocycles. The molecule has 2 saturated heterocycles. The van der Waals surface area contributed by atoms with E-state index in [1.54, 1.807) is 12.0 Å². The first-order valence-electron chi connectivity index (χ1n) is 17.8. The Bertz CT molecular complexity index is 1390. The highest BCUT2D eigenvalue weighted by Gasteiger charge is 2.57. The first-order valence-corrected chi connectivity index (χ1v) is 17.8. The van der Waals surface area contributed by atoms with Crippen molar-refractivity contribution in [3.8, 4) is 11.1 Å². The molecule has 3 saturated carbocycles. The van der Waals surface area contributed by atoms with Crippen LogP contribution < -0.4 is 10.6 Å². The van der Waals surface area contributed by atoms with Crippen molar-refractivity contribution in [2.45, 2.75) is 90.6 Å².